The van der Waals surface area contributed by atoms with Gasteiger partial charge < -0.3 is 4.57 Å². The molecule has 0 unspecified atom stereocenters. The van der Waals surface area contributed by atoms with E-state index in [1.54, 1.807) is 0 Å². The summed E-state index contributed by atoms with van der Waals surface area (Å²) in [4.78, 5) is 4.58. The first-order chi connectivity index (χ1) is 11.1. The van der Waals surface area contributed by atoms with Crippen LogP contribution >= 0.6 is 11.6 Å². The Labute approximate surface area is 142 Å². The van der Waals surface area contributed by atoms with Gasteiger partial charge in [-0.15, -0.1) is 0 Å². The first kappa shape index (κ1) is 15.6. The maximum absolute atomic E-state index is 5.95. The number of halogens is 1. The fourth-order valence-electron chi connectivity index (χ4n) is 2.42. The van der Waals surface area contributed by atoms with Crippen LogP contribution in [0.25, 0.3) is 5.69 Å². The van der Waals surface area contributed by atoms with Crippen molar-refractivity contribution in [3.63, 3.8) is 0 Å². The van der Waals surface area contributed by atoms with Crippen molar-refractivity contribution in [1.82, 2.24) is 4.57 Å². The summed E-state index contributed by atoms with van der Waals surface area (Å²) in [5, 5.41) is 0.737. The van der Waals surface area contributed by atoms with Crippen molar-refractivity contribution in [2.75, 3.05) is 0 Å². The van der Waals surface area contributed by atoms with Crippen LogP contribution in [-0.4, -0.2) is 10.8 Å². The summed E-state index contributed by atoms with van der Waals surface area (Å²) < 4.78 is 2.09. The quantitative estimate of drug-likeness (QED) is 0.524. The number of benzene rings is 2. The molecule has 0 saturated carbocycles. The Morgan fingerprint density at radius 3 is 2.30 bits per heavy atom. The molecule has 2 aromatic carbocycles. The SMILES string of the molecule is CC(C)c1ccc(N=Cc2cccn2-c2ccc(Cl)cc2)cc1. The highest BCUT2D eigenvalue weighted by atomic mass is 35.5. The number of hydrogen-bond donors (Lipinski definition) is 0. The molecule has 1 aromatic heterocycles. The Morgan fingerprint density at radius 1 is 0.957 bits per heavy atom. The number of rotatable bonds is 4. The molecule has 0 amide bonds. The predicted octanol–water partition coefficient (Wildman–Crippen LogP) is 6.00. The van der Waals surface area contributed by atoms with Crippen molar-refractivity contribution in [3.05, 3.63) is 83.1 Å². The van der Waals surface area contributed by atoms with Crippen LogP contribution in [0, 0.1) is 0 Å². The molecule has 0 radical (unpaired) electrons. The van der Waals surface area contributed by atoms with E-state index in [0.29, 0.717) is 5.92 Å². The number of aliphatic imine (C=N–C) groups is 1. The van der Waals surface area contributed by atoms with E-state index < -0.39 is 0 Å². The molecule has 1 heterocycles. The molecule has 0 aliphatic heterocycles. The lowest BCUT2D eigenvalue weighted by molar-refractivity contribution is 0.867. The fraction of sp³-hybridized carbons (Fsp3) is 0.150. The normalized spacial score (nSPS) is 11.5. The predicted molar refractivity (Wildman–Crippen MR) is 98.6 cm³/mol. The van der Waals surface area contributed by atoms with Gasteiger partial charge >= 0.3 is 0 Å². The summed E-state index contributed by atoms with van der Waals surface area (Å²) >= 11 is 5.95. The highest BCUT2D eigenvalue weighted by Crippen LogP contribution is 2.20. The third-order valence-corrected chi connectivity index (χ3v) is 4.04. The van der Waals surface area contributed by atoms with E-state index in [2.05, 4.69) is 47.7 Å². The van der Waals surface area contributed by atoms with E-state index >= 15 is 0 Å². The Morgan fingerprint density at radius 2 is 1.65 bits per heavy atom. The van der Waals surface area contributed by atoms with Gasteiger partial charge in [-0.1, -0.05) is 37.6 Å². The van der Waals surface area contributed by atoms with Crippen LogP contribution in [0.3, 0.4) is 0 Å². The van der Waals surface area contributed by atoms with Crippen LogP contribution in [0.2, 0.25) is 5.02 Å². The van der Waals surface area contributed by atoms with Gasteiger partial charge in [-0.2, -0.15) is 0 Å². The molecule has 116 valence electrons. The van der Waals surface area contributed by atoms with Crippen LogP contribution in [-0.2, 0) is 0 Å². The van der Waals surface area contributed by atoms with Crippen molar-refractivity contribution in [2.24, 2.45) is 4.99 Å². The Hall–Kier alpha value is -2.32. The first-order valence-electron chi connectivity index (χ1n) is 7.71. The van der Waals surface area contributed by atoms with Crippen LogP contribution < -0.4 is 0 Å². The molecule has 23 heavy (non-hydrogen) atoms. The van der Waals surface area contributed by atoms with Gasteiger partial charge in [0.2, 0.25) is 0 Å². The largest absolute Gasteiger partial charge is 0.316 e. The van der Waals surface area contributed by atoms with Gasteiger partial charge in [0.15, 0.2) is 0 Å². The van der Waals surface area contributed by atoms with E-state index in [-0.39, 0.29) is 0 Å². The molecule has 0 atom stereocenters. The molecule has 3 rings (SSSR count). The van der Waals surface area contributed by atoms with Crippen molar-refractivity contribution >= 4 is 23.5 Å². The molecular formula is C20H19ClN2. The summed E-state index contributed by atoms with van der Waals surface area (Å²) in [6, 6.07) is 20.2. The minimum atomic E-state index is 0.537. The molecular weight excluding hydrogens is 304 g/mol. The van der Waals surface area contributed by atoms with Crippen molar-refractivity contribution in [3.8, 4) is 5.69 Å². The van der Waals surface area contributed by atoms with E-state index in [4.69, 9.17) is 11.6 Å². The molecule has 0 fully saturated rings. The second-order valence-corrected chi connectivity index (χ2v) is 6.22. The lowest BCUT2D eigenvalue weighted by Crippen LogP contribution is -1.97. The van der Waals surface area contributed by atoms with Gasteiger partial charge in [0.25, 0.3) is 0 Å². The minimum absolute atomic E-state index is 0.537. The van der Waals surface area contributed by atoms with Gasteiger partial charge in [0.05, 0.1) is 17.6 Å². The summed E-state index contributed by atoms with van der Waals surface area (Å²) in [7, 11) is 0. The molecule has 0 bridgehead atoms. The van der Waals surface area contributed by atoms with Gasteiger partial charge in [-0.05, 0) is 60.0 Å². The van der Waals surface area contributed by atoms with Gasteiger partial charge in [-0.25, -0.2) is 0 Å². The molecule has 0 saturated heterocycles. The monoisotopic (exact) mass is 322 g/mol. The molecule has 0 aliphatic carbocycles. The molecule has 2 nitrogen and oxygen atoms in total. The van der Waals surface area contributed by atoms with E-state index in [1.807, 2.05) is 48.8 Å². The summed E-state index contributed by atoms with van der Waals surface area (Å²) in [6.07, 6.45) is 3.91. The van der Waals surface area contributed by atoms with Crippen LogP contribution in [0.1, 0.15) is 31.0 Å². The lowest BCUT2D eigenvalue weighted by atomic mass is 10.0. The Kier molecular flexibility index (Phi) is 4.63. The molecule has 0 N–H and O–H groups in total. The number of hydrogen-bond acceptors (Lipinski definition) is 1. The summed E-state index contributed by atoms with van der Waals surface area (Å²) in [6.45, 7) is 4.38. The lowest BCUT2D eigenvalue weighted by Gasteiger charge is -2.06. The van der Waals surface area contributed by atoms with Crippen LogP contribution in [0.5, 0.6) is 0 Å². The van der Waals surface area contributed by atoms with Gasteiger partial charge in [-0.3, -0.25) is 4.99 Å². The van der Waals surface area contributed by atoms with Crippen LogP contribution in [0.4, 0.5) is 5.69 Å². The maximum Gasteiger partial charge on any atom is 0.0639 e. The third kappa shape index (κ3) is 3.72. The molecule has 0 spiro atoms. The second-order valence-electron chi connectivity index (χ2n) is 5.78. The second kappa shape index (κ2) is 6.84. The number of aromatic nitrogens is 1. The Balaban J connectivity index is 1.83. The maximum atomic E-state index is 5.95. The molecule has 3 aromatic rings. The molecule has 3 heteroatoms. The standard InChI is InChI=1S/C20H19ClN2/c1-15(2)16-5-9-18(10-6-16)22-14-20-4-3-13-23(20)19-11-7-17(21)8-12-19/h3-15H,1-2H3. The highest BCUT2D eigenvalue weighted by molar-refractivity contribution is 6.30. The highest BCUT2D eigenvalue weighted by Gasteiger charge is 2.02. The zero-order valence-corrected chi connectivity index (χ0v) is 14.0. The summed E-state index contributed by atoms with van der Waals surface area (Å²) in [5.41, 5.74) is 4.38. The summed E-state index contributed by atoms with van der Waals surface area (Å²) in [5.74, 6) is 0.537. The topological polar surface area (TPSA) is 17.3 Å². The fourth-order valence-corrected chi connectivity index (χ4v) is 2.55. The minimum Gasteiger partial charge on any atom is -0.316 e. The Bertz CT molecular complexity index is 796. The average molecular weight is 323 g/mol. The smallest absolute Gasteiger partial charge is 0.0639 e. The average Bonchev–Trinajstić information content (AvgIpc) is 3.02. The third-order valence-electron chi connectivity index (χ3n) is 3.79. The first-order valence-corrected chi connectivity index (χ1v) is 8.08. The van der Waals surface area contributed by atoms with E-state index in [9.17, 15) is 0 Å². The molecule has 0 aliphatic rings. The van der Waals surface area contributed by atoms with Crippen molar-refractivity contribution < 1.29 is 0 Å². The zero-order valence-electron chi connectivity index (χ0n) is 13.3. The van der Waals surface area contributed by atoms with Crippen molar-refractivity contribution in [2.45, 2.75) is 19.8 Å². The van der Waals surface area contributed by atoms with E-state index in [0.717, 1.165) is 22.1 Å². The number of nitrogens with zero attached hydrogens (tertiary/aromatic N) is 2. The van der Waals surface area contributed by atoms with Gasteiger partial charge in [0, 0.05) is 16.9 Å². The van der Waals surface area contributed by atoms with Gasteiger partial charge in [0.1, 0.15) is 0 Å². The van der Waals surface area contributed by atoms with Crippen LogP contribution in [0.15, 0.2) is 71.9 Å². The zero-order chi connectivity index (χ0) is 16.2. The van der Waals surface area contributed by atoms with Crippen molar-refractivity contribution in [1.29, 1.82) is 0 Å². The van der Waals surface area contributed by atoms with E-state index in [1.165, 1.54) is 5.56 Å².